The number of phenolic OH excluding ortho intramolecular Hbond substituents is 1. The minimum atomic E-state index is 0.0926. The third-order valence-electron chi connectivity index (χ3n) is 3.47. The van der Waals surface area contributed by atoms with Crippen LogP contribution in [0.3, 0.4) is 0 Å². The summed E-state index contributed by atoms with van der Waals surface area (Å²) in [7, 11) is 0. The molecular formula is C18H13NO. The molecule has 96 valence electrons. The lowest BCUT2D eigenvalue weighted by molar-refractivity contribution is 0.469. The Bertz CT molecular complexity index is 801. The lowest BCUT2D eigenvalue weighted by Gasteiger charge is -2.11. The maximum Gasteiger partial charge on any atom is 0.137 e. The number of benzene rings is 3. The molecule has 0 aliphatic heterocycles. The van der Waals surface area contributed by atoms with Crippen LogP contribution in [0.2, 0.25) is 0 Å². The summed E-state index contributed by atoms with van der Waals surface area (Å²) in [6.45, 7) is 0. The molecule has 3 aromatic rings. The second-order valence-corrected chi connectivity index (χ2v) is 4.75. The van der Waals surface area contributed by atoms with Crippen molar-refractivity contribution >= 4 is 10.8 Å². The van der Waals surface area contributed by atoms with Crippen molar-refractivity contribution in [1.29, 1.82) is 5.26 Å². The van der Waals surface area contributed by atoms with Gasteiger partial charge in [-0.15, -0.1) is 0 Å². The van der Waals surface area contributed by atoms with Crippen LogP contribution in [0.1, 0.15) is 16.7 Å². The third kappa shape index (κ3) is 2.10. The van der Waals surface area contributed by atoms with Crippen molar-refractivity contribution in [2.24, 2.45) is 0 Å². The zero-order valence-corrected chi connectivity index (χ0v) is 10.9. The van der Waals surface area contributed by atoms with E-state index in [9.17, 15) is 5.11 Å². The van der Waals surface area contributed by atoms with Gasteiger partial charge in [-0.3, -0.25) is 0 Å². The Kier molecular flexibility index (Phi) is 3.10. The zero-order valence-electron chi connectivity index (χ0n) is 10.9. The fraction of sp³-hybridized carbons (Fsp3) is 0.0556. The van der Waals surface area contributed by atoms with Gasteiger partial charge >= 0.3 is 0 Å². The average molecular weight is 259 g/mol. The van der Waals surface area contributed by atoms with E-state index >= 15 is 0 Å². The fourth-order valence-electron chi connectivity index (χ4n) is 2.48. The molecule has 0 amide bonds. The maximum absolute atomic E-state index is 10.3. The van der Waals surface area contributed by atoms with Crippen LogP contribution in [0.4, 0.5) is 0 Å². The highest BCUT2D eigenvalue weighted by Gasteiger charge is 2.12. The van der Waals surface area contributed by atoms with Crippen molar-refractivity contribution in [3.63, 3.8) is 0 Å². The average Bonchev–Trinajstić information content (AvgIpc) is 2.51. The molecule has 0 aromatic heterocycles. The molecule has 0 heterocycles. The number of hydrogen-bond acceptors (Lipinski definition) is 2. The lowest BCUT2D eigenvalue weighted by Crippen LogP contribution is -1.93. The van der Waals surface area contributed by atoms with Crippen molar-refractivity contribution in [3.8, 4) is 11.8 Å². The van der Waals surface area contributed by atoms with Gasteiger partial charge in [0.25, 0.3) is 0 Å². The van der Waals surface area contributed by atoms with Gasteiger partial charge in [0.1, 0.15) is 11.8 Å². The Labute approximate surface area is 117 Å². The van der Waals surface area contributed by atoms with Crippen LogP contribution in [0.5, 0.6) is 5.75 Å². The Morgan fingerprint density at radius 2 is 1.65 bits per heavy atom. The molecule has 0 atom stereocenters. The van der Waals surface area contributed by atoms with E-state index in [2.05, 4.69) is 6.07 Å². The standard InChI is InChI=1S/C18H13NO/c19-12-15-11-14-8-4-5-9-16(14)17(18(15)20)10-13-6-2-1-3-7-13/h1-9,11,20H,10H2. The molecule has 0 saturated carbocycles. The van der Waals surface area contributed by atoms with Crippen LogP contribution in [-0.2, 0) is 6.42 Å². The molecule has 0 spiro atoms. The Hall–Kier alpha value is -2.79. The van der Waals surface area contributed by atoms with Crippen molar-refractivity contribution in [3.05, 3.63) is 77.4 Å². The van der Waals surface area contributed by atoms with E-state index in [-0.39, 0.29) is 5.75 Å². The summed E-state index contributed by atoms with van der Waals surface area (Å²) >= 11 is 0. The van der Waals surface area contributed by atoms with Crippen LogP contribution in [0.15, 0.2) is 60.7 Å². The van der Waals surface area contributed by atoms with E-state index in [1.54, 1.807) is 6.07 Å². The summed E-state index contributed by atoms with van der Waals surface area (Å²) in [6, 6.07) is 21.6. The molecule has 0 fully saturated rings. The normalized spacial score (nSPS) is 10.3. The Balaban J connectivity index is 2.23. The molecule has 3 aromatic carbocycles. The summed E-state index contributed by atoms with van der Waals surface area (Å²) in [6.07, 6.45) is 0.614. The molecule has 0 saturated heterocycles. The van der Waals surface area contributed by atoms with E-state index in [0.717, 1.165) is 21.9 Å². The predicted molar refractivity (Wildman–Crippen MR) is 79.6 cm³/mol. The second-order valence-electron chi connectivity index (χ2n) is 4.75. The summed E-state index contributed by atoms with van der Waals surface area (Å²) in [5.41, 5.74) is 2.25. The molecule has 1 N–H and O–H groups in total. The molecule has 2 heteroatoms. The van der Waals surface area contributed by atoms with Crippen molar-refractivity contribution in [2.75, 3.05) is 0 Å². The zero-order chi connectivity index (χ0) is 13.9. The number of nitrogens with zero attached hydrogens (tertiary/aromatic N) is 1. The van der Waals surface area contributed by atoms with Crippen molar-refractivity contribution in [2.45, 2.75) is 6.42 Å². The van der Waals surface area contributed by atoms with Crippen LogP contribution in [-0.4, -0.2) is 5.11 Å². The predicted octanol–water partition coefficient (Wildman–Crippen LogP) is 4.01. The van der Waals surface area contributed by atoms with E-state index in [0.29, 0.717) is 12.0 Å². The quantitative estimate of drug-likeness (QED) is 0.755. The van der Waals surface area contributed by atoms with Crippen molar-refractivity contribution in [1.82, 2.24) is 0 Å². The minimum absolute atomic E-state index is 0.0926. The number of hydrogen-bond donors (Lipinski definition) is 1. The Morgan fingerprint density at radius 3 is 2.40 bits per heavy atom. The number of fused-ring (bicyclic) bond motifs is 1. The molecule has 3 rings (SSSR count). The van der Waals surface area contributed by atoms with Crippen LogP contribution in [0, 0.1) is 11.3 Å². The third-order valence-corrected chi connectivity index (χ3v) is 3.47. The van der Waals surface area contributed by atoms with Crippen molar-refractivity contribution < 1.29 is 5.11 Å². The number of nitriles is 1. The first kappa shape index (κ1) is 12.3. The van der Waals surface area contributed by atoms with Gasteiger partial charge < -0.3 is 5.11 Å². The van der Waals surface area contributed by atoms with Gasteiger partial charge in [0, 0.05) is 12.0 Å². The van der Waals surface area contributed by atoms with E-state index in [1.165, 1.54) is 0 Å². The molecule has 0 radical (unpaired) electrons. The summed E-state index contributed by atoms with van der Waals surface area (Å²) in [5, 5.41) is 21.5. The van der Waals surface area contributed by atoms with Gasteiger partial charge in [0.2, 0.25) is 0 Å². The maximum atomic E-state index is 10.3. The van der Waals surface area contributed by atoms with Gasteiger partial charge in [-0.25, -0.2) is 0 Å². The highest BCUT2D eigenvalue weighted by molar-refractivity contribution is 5.90. The van der Waals surface area contributed by atoms with E-state index < -0.39 is 0 Å². The fourth-order valence-corrected chi connectivity index (χ4v) is 2.48. The number of rotatable bonds is 2. The molecule has 2 nitrogen and oxygen atoms in total. The van der Waals surface area contributed by atoms with Gasteiger partial charge in [-0.2, -0.15) is 5.26 Å². The second kappa shape index (κ2) is 5.07. The number of aromatic hydroxyl groups is 1. The molecule has 0 bridgehead atoms. The van der Waals surface area contributed by atoms with Gasteiger partial charge in [-0.1, -0.05) is 54.6 Å². The van der Waals surface area contributed by atoms with Crippen LogP contribution < -0.4 is 0 Å². The van der Waals surface area contributed by atoms with Gasteiger partial charge in [0.15, 0.2) is 0 Å². The van der Waals surface area contributed by atoms with Crippen LogP contribution >= 0.6 is 0 Å². The first-order valence-corrected chi connectivity index (χ1v) is 6.47. The highest BCUT2D eigenvalue weighted by atomic mass is 16.3. The number of phenols is 1. The molecule has 0 aliphatic rings. The minimum Gasteiger partial charge on any atom is -0.506 e. The molecule has 0 aliphatic carbocycles. The first-order valence-electron chi connectivity index (χ1n) is 6.47. The topological polar surface area (TPSA) is 44.0 Å². The highest BCUT2D eigenvalue weighted by Crippen LogP contribution is 2.32. The summed E-state index contributed by atoms with van der Waals surface area (Å²) in [5.74, 6) is 0.0926. The molecule has 0 unspecified atom stereocenters. The SMILES string of the molecule is N#Cc1cc2ccccc2c(Cc2ccccc2)c1O. The van der Waals surface area contributed by atoms with Crippen LogP contribution in [0.25, 0.3) is 10.8 Å². The monoisotopic (exact) mass is 259 g/mol. The Morgan fingerprint density at radius 1 is 0.950 bits per heavy atom. The van der Waals surface area contributed by atoms with E-state index in [1.807, 2.05) is 54.6 Å². The molecule has 20 heavy (non-hydrogen) atoms. The largest absolute Gasteiger partial charge is 0.506 e. The van der Waals surface area contributed by atoms with Gasteiger partial charge in [0.05, 0.1) is 5.56 Å². The van der Waals surface area contributed by atoms with Gasteiger partial charge in [-0.05, 0) is 22.4 Å². The molecular weight excluding hydrogens is 246 g/mol. The summed E-state index contributed by atoms with van der Waals surface area (Å²) in [4.78, 5) is 0. The lowest BCUT2D eigenvalue weighted by atomic mass is 9.95. The smallest absolute Gasteiger partial charge is 0.137 e. The first-order chi connectivity index (χ1) is 9.79. The van der Waals surface area contributed by atoms with E-state index in [4.69, 9.17) is 5.26 Å². The summed E-state index contributed by atoms with van der Waals surface area (Å²) < 4.78 is 0.